The standard InChI is InChI=1S/C7H14N2/c1-4-7(8)5-6(2)9-3/h5,8-9H,4H2,1-3H3/p+1. The zero-order chi connectivity index (χ0) is 7.28. The van der Waals surface area contributed by atoms with Crippen molar-refractivity contribution >= 4 is 5.71 Å². The number of nitrogens with two attached hydrogens (primary N) is 1. The second kappa shape index (κ2) is 4.27. The molecule has 0 aromatic rings. The van der Waals surface area contributed by atoms with Gasteiger partial charge in [0.15, 0.2) is 0 Å². The fourth-order valence-electron chi connectivity index (χ4n) is 0.460. The third-order valence-corrected chi connectivity index (χ3v) is 1.24. The van der Waals surface area contributed by atoms with Crippen LogP contribution in [0.2, 0.25) is 0 Å². The molecular formula is C7H15N2+. The highest BCUT2D eigenvalue weighted by molar-refractivity contribution is 5.92. The van der Waals surface area contributed by atoms with Gasteiger partial charge in [-0.15, -0.1) is 0 Å². The topological polar surface area (TPSA) is 40.5 Å². The van der Waals surface area contributed by atoms with Gasteiger partial charge < -0.3 is 10.7 Å². The molecule has 0 unspecified atom stereocenters. The van der Waals surface area contributed by atoms with Gasteiger partial charge in [0.05, 0.1) is 7.05 Å². The highest BCUT2D eigenvalue weighted by atomic mass is 14.8. The van der Waals surface area contributed by atoms with Crippen molar-refractivity contribution in [3.8, 4) is 0 Å². The average Bonchev–Trinajstić information content (AvgIpc) is 1.87. The van der Waals surface area contributed by atoms with E-state index in [0.717, 1.165) is 6.42 Å². The summed E-state index contributed by atoms with van der Waals surface area (Å²) in [7, 11) is 1.98. The van der Waals surface area contributed by atoms with Crippen molar-refractivity contribution in [2.45, 2.75) is 20.3 Å². The van der Waals surface area contributed by atoms with Crippen LogP contribution in [-0.2, 0) is 0 Å². The van der Waals surface area contributed by atoms with Crippen LogP contribution < -0.4 is 5.32 Å². The van der Waals surface area contributed by atoms with E-state index >= 15 is 0 Å². The van der Waals surface area contributed by atoms with Crippen LogP contribution in [-0.4, -0.2) is 12.8 Å². The van der Waals surface area contributed by atoms with Crippen LogP contribution >= 0.6 is 0 Å². The molecule has 0 aliphatic carbocycles. The van der Waals surface area contributed by atoms with Gasteiger partial charge in [0, 0.05) is 18.7 Å². The SMILES string of the molecule is CCC(=N)C=C(C)[NH2+]C. The van der Waals surface area contributed by atoms with E-state index in [1.54, 1.807) is 0 Å². The number of hydrogen-bond donors (Lipinski definition) is 2. The Morgan fingerprint density at radius 1 is 1.67 bits per heavy atom. The molecule has 0 aromatic heterocycles. The normalized spacial score (nSPS) is 11.7. The molecular weight excluding hydrogens is 112 g/mol. The first-order valence-corrected chi connectivity index (χ1v) is 3.25. The molecule has 0 radical (unpaired) electrons. The van der Waals surface area contributed by atoms with Gasteiger partial charge in [0.2, 0.25) is 0 Å². The molecule has 52 valence electrons. The molecule has 0 heterocycles. The Kier molecular flexibility index (Phi) is 3.97. The first-order valence-electron chi connectivity index (χ1n) is 3.25. The summed E-state index contributed by atoms with van der Waals surface area (Å²) in [6.45, 7) is 3.99. The molecule has 0 saturated carbocycles. The van der Waals surface area contributed by atoms with E-state index in [0.29, 0.717) is 5.71 Å². The molecule has 0 bridgehead atoms. The predicted octanol–water partition coefficient (Wildman–Crippen LogP) is 0.513. The zero-order valence-corrected chi connectivity index (χ0v) is 6.36. The van der Waals surface area contributed by atoms with Gasteiger partial charge in [-0.3, -0.25) is 0 Å². The van der Waals surface area contributed by atoms with Crippen molar-refractivity contribution in [2.75, 3.05) is 7.05 Å². The van der Waals surface area contributed by atoms with Crippen molar-refractivity contribution < 1.29 is 5.32 Å². The monoisotopic (exact) mass is 127 g/mol. The molecule has 9 heavy (non-hydrogen) atoms. The Balaban J connectivity index is 3.79. The summed E-state index contributed by atoms with van der Waals surface area (Å²) in [4.78, 5) is 0. The van der Waals surface area contributed by atoms with Gasteiger partial charge >= 0.3 is 0 Å². The highest BCUT2D eigenvalue weighted by Gasteiger charge is 1.89. The van der Waals surface area contributed by atoms with Crippen molar-refractivity contribution in [3.63, 3.8) is 0 Å². The molecule has 0 aromatic carbocycles. The van der Waals surface area contributed by atoms with E-state index in [-0.39, 0.29) is 0 Å². The van der Waals surface area contributed by atoms with E-state index in [1.807, 2.05) is 32.3 Å². The number of hydrogen-bond acceptors (Lipinski definition) is 1. The maximum absolute atomic E-state index is 7.27. The number of allylic oxidation sites excluding steroid dienone is 2. The molecule has 0 amide bonds. The Bertz CT molecular complexity index is 125. The fourth-order valence-corrected chi connectivity index (χ4v) is 0.460. The van der Waals surface area contributed by atoms with Crippen molar-refractivity contribution in [3.05, 3.63) is 11.8 Å². The summed E-state index contributed by atoms with van der Waals surface area (Å²) < 4.78 is 0. The summed E-state index contributed by atoms with van der Waals surface area (Å²) in [5.41, 5.74) is 1.87. The highest BCUT2D eigenvalue weighted by Crippen LogP contribution is 1.85. The van der Waals surface area contributed by atoms with Crippen LogP contribution in [0.15, 0.2) is 11.8 Å². The van der Waals surface area contributed by atoms with Gasteiger partial charge in [-0.1, -0.05) is 6.92 Å². The van der Waals surface area contributed by atoms with Crippen molar-refractivity contribution in [1.29, 1.82) is 5.41 Å². The van der Waals surface area contributed by atoms with Gasteiger partial charge in [0.25, 0.3) is 0 Å². The summed E-state index contributed by atoms with van der Waals surface area (Å²) in [6, 6.07) is 0. The molecule has 0 saturated heterocycles. The lowest BCUT2D eigenvalue weighted by Crippen LogP contribution is -2.76. The minimum Gasteiger partial charge on any atom is -0.320 e. The van der Waals surface area contributed by atoms with Gasteiger partial charge in [0.1, 0.15) is 5.70 Å². The Morgan fingerprint density at radius 3 is 2.56 bits per heavy atom. The quantitative estimate of drug-likeness (QED) is 0.519. The molecule has 0 aliphatic rings. The summed E-state index contributed by atoms with van der Waals surface area (Å²) in [5, 5.41) is 9.28. The molecule has 3 N–H and O–H groups in total. The minimum absolute atomic E-state index is 0.700. The van der Waals surface area contributed by atoms with E-state index in [2.05, 4.69) is 0 Å². The summed E-state index contributed by atoms with van der Waals surface area (Å²) >= 11 is 0. The lowest BCUT2D eigenvalue weighted by Gasteiger charge is -1.92. The Morgan fingerprint density at radius 2 is 2.22 bits per heavy atom. The Hall–Kier alpha value is -0.630. The van der Waals surface area contributed by atoms with Crippen LogP contribution in [0, 0.1) is 5.41 Å². The average molecular weight is 127 g/mol. The summed E-state index contributed by atoms with van der Waals surface area (Å²) in [5.74, 6) is 0. The van der Waals surface area contributed by atoms with E-state index < -0.39 is 0 Å². The van der Waals surface area contributed by atoms with Crippen LogP contribution in [0.25, 0.3) is 0 Å². The van der Waals surface area contributed by atoms with E-state index in [1.165, 1.54) is 5.70 Å². The molecule has 2 nitrogen and oxygen atoms in total. The molecule has 2 heteroatoms. The number of nitrogens with one attached hydrogen (secondary N) is 1. The predicted molar refractivity (Wildman–Crippen MR) is 39.6 cm³/mol. The smallest absolute Gasteiger partial charge is 0.104 e. The molecule has 0 atom stereocenters. The summed E-state index contributed by atoms with van der Waals surface area (Å²) in [6.07, 6.45) is 2.71. The molecule has 0 rings (SSSR count). The van der Waals surface area contributed by atoms with E-state index in [4.69, 9.17) is 5.41 Å². The second-order valence-corrected chi connectivity index (χ2v) is 2.06. The lowest BCUT2D eigenvalue weighted by atomic mass is 10.2. The van der Waals surface area contributed by atoms with E-state index in [9.17, 15) is 0 Å². The maximum atomic E-state index is 7.27. The lowest BCUT2D eigenvalue weighted by molar-refractivity contribution is -0.575. The Labute approximate surface area is 56.5 Å². The van der Waals surface area contributed by atoms with Crippen LogP contribution in [0.3, 0.4) is 0 Å². The fraction of sp³-hybridized carbons (Fsp3) is 0.571. The number of rotatable bonds is 3. The largest absolute Gasteiger partial charge is 0.320 e. The van der Waals surface area contributed by atoms with Crippen molar-refractivity contribution in [2.24, 2.45) is 0 Å². The van der Waals surface area contributed by atoms with Gasteiger partial charge in [-0.25, -0.2) is 0 Å². The maximum Gasteiger partial charge on any atom is 0.104 e. The first kappa shape index (κ1) is 8.37. The first-order chi connectivity index (χ1) is 4.20. The van der Waals surface area contributed by atoms with Crippen LogP contribution in [0.4, 0.5) is 0 Å². The molecule has 0 aliphatic heterocycles. The minimum atomic E-state index is 0.700. The third kappa shape index (κ3) is 3.91. The van der Waals surface area contributed by atoms with Crippen LogP contribution in [0.1, 0.15) is 20.3 Å². The molecule has 0 fully saturated rings. The van der Waals surface area contributed by atoms with Crippen LogP contribution in [0.5, 0.6) is 0 Å². The second-order valence-electron chi connectivity index (χ2n) is 2.06. The zero-order valence-electron chi connectivity index (χ0n) is 6.36. The van der Waals surface area contributed by atoms with Gasteiger partial charge in [-0.05, 0) is 6.42 Å². The number of quaternary nitrogens is 1. The third-order valence-electron chi connectivity index (χ3n) is 1.24. The van der Waals surface area contributed by atoms with Gasteiger partial charge in [-0.2, -0.15) is 0 Å². The molecule has 0 spiro atoms. The van der Waals surface area contributed by atoms with Crippen molar-refractivity contribution in [1.82, 2.24) is 0 Å².